The number of nitrogen functional groups attached to an aromatic ring is 1. The van der Waals surface area contributed by atoms with E-state index in [4.69, 9.17) is 15.7 Å². The maximum atomic E-state index is 6.05. The van der Waals surface area contributed by atoms with Gasteiger partial charge < -0.3 is 16.0 Å². The summed E-state index contributed by atoms with van der Waals surface area (Å²) < 4.78 is 0. The monoisotopic (exact) mass is 383 g/mol. The standard InChI is InChI=1S/C22H21N7/c1-13-3-5-16(23)10-18(13)19-9-15-11-26-22(27-17-6-4-14(2)25-12-17)28-20(15)29-8-7-24-21(19)29/h3-6,9-12H,7-8,23H2,1-2H3,(H,26,27,28). The highest BCUT2D eigenvalue weighted by Gasteiger charge is 2.31. The van der Waals surface area contributed by atoms with Crippen LogP contribution in [0.4, 0.5) is 23.1 Å². The van der Waals surface area contributed by atoms with E-state index in [1.165, 1.54) is 0 Å². The van der Waals surface area contributed by atoms with Gasteiger partial charge >= 0.3 is 0 Å². The lowest BCUT2D eigenvalue weighted by Gasteiger charge is -2.28. The first-order valence-electron chi connectivity index (χ1n) is 9.56. The Morgan fingerprint density at radius 1 is 1.07 bits per heavy atom. The topological polar surface area (TPSA) is 92.3 Å². The molecule has 3 aromatic rings. The molecule has 0 aliphatic carbocycles. The Balaban J connectivity index is 1.56. The van der Waals surface area contributed by atoms with Crippen LogP contribution in [-0.2, 0) is 0 Å². The molecule has 2 aromatic heterocycles. The molecule has 7 nitrogen and oxygen atoms in total. The number of pyridine rings is 1. The van der Waals surface area contributed by atoms with Gasteiger partial charge in [-0.3, -0.25) is 9.98 Å². The van der Waals surface area contributed by atoms with Crippen LogP contribution in [0, 0.1) is 13.8 Å². The van der Waals surface area contributed by atoms with Crippen LogP contribution < -0.4 is 16.0 Å². The molecule has 0 spiro atoms. The van der Waals surface area contributed by atoms with Gasteiger partial charge in [-0.15, -0.1) is 0 Å². The van der Waals surface area contributed by atoms with Crippen molar-refractivity contribution in [1.29, 1.82) is 0 Å². The second kappa shape index (κ2) is 6.70. The second-order valence-corrected chi connectivity index (χ2v) is 7.28. The zero-order valence-electron chi connectivity index (χ0n) is 16.3. The molecule has 0 amide bonds. The number of nitrogens with zero attached hydrogens (tertiary/aromatic N) is 5. The molecular weight excluding hydrogens is 362 g/mol. The van der Waals surface area contributed by atoms with Crippen molar-refractivity contribution >= 4 is 40.6 Å². The molecule has 2 aliphatic heterocycles. The normalized spacial score (nSPS) is 14.8. The zero-order valence-corrected chi connectivity index (χ0v) is 16.3. The molecule has 1 aromatic carbocycles. The summed E-state index contributed by atoms with van der Waals surface area (Å²) in [4.78, 5) is 20.5. The van der Waals surface area contributed by atoms with Crippen LogP contribution in [0.1, 0.15) is 22.4 Å². The molecule has 2 aliphatic rings. The SMILES string of the molecule is Cc1ccc(Nc2ncc3c(n2)N2CCN=C2C(c2cc(N)ccc2C)=C3)cn1. The maximum Gasteiger partial charge on any atom is 0.229 e. The first-order chi connectivity index (χ1) is 14.1. The van der Waals surface area contributed by atoms with Crippen LogP contribution in [0.3, 0.4) is 0 Å². The number of aromatic nitrogens is 3. The van der Waals surface area contributed by atoms with Gasteiger partial charge in [0.15, 0.2) is 0 Å². The number of anilines is 4. The molecule has 0 saturated carbocycles. The van der Waals surface area contributed by atoms with Crippen LogP contribution in [0.2, 0.25) is 0 Å². The highest BCUT2D eigenvalue weighted by atomic mass is 15.3. The van der Waals surface area contributed by atoms with E-state index in [0.717, 1.165) is 64.1 Å². The van der Waals surface area contributed by atoms with Gasteiger partial charge in [-0.2, -0.15) is 4.98 Å². The molecule has 144 valence electrons. The van der Waals surface area contributed by atoms with Gasteiger partial charge in [-0.05, 0) is 55.3 Å². The second-order valence-electron chi connectivity index (χ2n) is 7.28. The summed E-state index contributed by atoms with van der Waals surface area (Å²) in [6, 6.07) is 9.89. The smallest absolute Gasteiger partial charge is 0.229 e. The van der Waals surface area contributed by atoms with Crippen molar-refractivity contribution in [3.8, 4) is 0 Å². The van der Waals surface area contributed by atoms with Crippen molar-refractivity contribution in [2.75, 3.05) is 29.0 Å². The van der Waals surface area contributed by atoms with Gasteiger partial charge in [0.1, 0.15) is 11.7 Å². The van der Waals surface area contributed by atoms with Crippen LogP contribution in [0.25, 0.3) is 11.6 Å². The number of hydrogen-bond donors (Lipinski definition) is 2. The van der Waals surface area contributed by atoms with E-state index in [1.807, 2.05) is 43.5 Å². The predicted octanol–water partition coefficient (Wildman–Crippen LogP) is 3.59. The van der Waals surface area contributed by atoms with E-state index < -0.39 is 0 Å². The lowest BCUT2D eigenvalue weighted by atomic mass is 9.94. The first kappa shape index (κ1) is 17.4. The molecule has 3 N–H and O–H groups in total. The van der Waals surface area contributed by atoms with E-state index in [-0.39, 0.29) is 0 Å². The van der Waals surface area contributed by atoms with Crippen molar-refractivity contribution in [1.82, 2.24) is 15.0 Å². The summed E-state index contributed by atoms with van der Waals surface area (Å²) in [7, 11) is 0. The Hall–Kier alpha value is -3.74. The summed E-state index contributed by atoms with van der Waals surface area (Å²) >= 11 is 0. The minimum atomic E-state index is 0.539. The van der Waals surface area contributed by atoms with Crippen LogP contribution in [-0.4, -0.2) is 33.9 Å². The Labute approximate surface area is 169 Å². The Morgan fingerprint density at radius 2 is 1.97 bits per heavy atom. The van der Waals surface area contributed by atoms with Crippen molar-refractivity contribution in [3.63, 3.8) is 0 Å². The Morgan fingerprint density at radius 3 is 2.79 bits per heavy atom. The Bertz CT molecular complexity index is 1160. The van der Waals surface area contributed by atoms with Crippen molar-refractivity contribution < 1.29 is 0 Å². The minimum Gasteiger partial charge on any atom is -0.399 e. The summed E-state index contributed by atoms with van der Waals surface area (Å²) in [5, 5.41) is 3.23. The van der Waals surface area contributed by atoms with Gasteiger partial charge in [0, 0.05) is 35.3 Å². The van der Waals surface area contributed by atoms with E-state index in [9.17, 15) is 0 Å². The highest BCUT2D eigenvalue weighted by molar-refractivity contribution is 6.36. The third-order valence-electron chi connectivity index (χ3n) is 5.15. The van der Waals surface area contributed by atoms with Gasteiger partial charge in [-0.1, -0.05) is 6.07 Å². The third kappa shape index (κ3) is 3.10. The summed E-state index contributed by atoms with van der Waals surface area (Å²) in [6.45, 7) is 5.58. The number of nitrogens with one attached hydrogen (secondary N) is 1. The zero-order chi connectivity index (χ0) is 20.0. The van der Waals surface area contributed by atoms with Gasteiger partial charge in [0.2, 0.25) is 5.95 Å². The fourth-order valence-corrected chi connectivity index (χ4v) is 3.66. The summed E-state index contributed by atoms with van der Waals surface area (Å²) in [5.41, 5.74) is 12.9. The van der Waals surface area contributed by atoms with Gasteiger partial charge in [-0.25, -0.2) is 4.98 Å². The van der Waals surface area contributed by atoms with Crippen LogP contribution >= 0.6 is 0 Å². The number of nitrogens with two attached hydrogens (primary N) is 1. The van der Waals surface area contributed by atoms with Crippen molar-refractivity contribution in [3.05, 3.63) is 65.1 Å². The van der Waals surface area contributed by atoms with E-state index >= 15 is 0 Å². The van der Waals surface area contributed by atoms with Crippen LogP contribution in [0.15, 0.2) is 47.7 Å². The molecule has 0 bridgehead atoms. The average Bonchev–Trinajstić information content (AvgIpc) is 3.21. The quantitative estimate of drug-likeness (QED) is 0.672. The maximum absolute atomic E-state index is 6.05. The molecule has 7 heteroatoms. The number of aryl methyl sites for hydroxylation is 2. The molecule has 5 rings (SSSR count). The van der Waals surface area contributed by atoms with E-state index in [0.29, 0.717) is 5.95 Å². The molecule has 0 fully saturated rings. The average molecular weight is 383 g/mol. The molecular formula is C22H21N7. The molecule has 0 radical (unpaired) electrons. The number of benzene rings is 1. The van der Waals surface area contributed by atoms with Gasteiger partial charge in [0.25, 0.3) is 0 Å². The number of amidine groups is 1. The lowest BCUT2D eigenvalue weighted by molar-refractivity contribution is 0.986. The van der Waals surface area contributed by atoms with Crippen LogP contribution in [0.5, 0.6) is 0 Å². The molecule has 4 heterocycles. The molecule has 0 saturated heterocycles. The highest BCUT2D eigenvalue weighted by Crippen LogP contribution is 2.36. The first-order valence-corrected chi connectivity index (χ1v) is 9.56. The van der Waals surface area contributed by atoms with E-state index in [1.54, 1.807) is 6.20 Å². The van der Waals surface area contributed by atoms with E-state index in [2.05, 4.69) is 33.2 Å². The summed E-state index contributed by atoms with van der Waals surface area (Å²) in [6.07, 6.45) is 5.74. The summed E-state index contributed by atoms with van der Waals surface area (Å²) in [5.74, 6) is 2.34. The number of aliphatic imine (C=N–C) groups is 1. The Kier molecular flexibility index (Phi) is 4.01. The lowest BCUT2D eigenvalue weighted by Crippen LogP contribution is -2.32. The molecule has 0 unspecified atom stereocenters. The third-order valence-corrected chi connectivity index (χ3v) is 5.15. The number of rotatable bonds is 3. The number of hydrogen-bond acceptors (Lipinski definition) is 7. The fourth-order valence-electron chi connectivity index (χ4n) is 3.66. The molecule has 29 heavy (non-hydrogen) atoms. The van der Waals surface area contributed by atoms with Crippen molar-refractivity contribution in [2.45, 2.75) is 13.8 Å². The minimum absolute atomic E-state index is 0.539. The largest absolute Gasteiger partial charge is 0.399 e. The van der Waals surface area contributed by atoms with Crippen molar-refractivity contribution in [2.24, 2.45) is 4.99 Å². The fraction of sp³-hybridized carbons (Fsp3) is 0.182. The number of fused-ring (bicyclic) bond motifs is 3. The molecule has 0 atom stereocenters. The van der Waals surface area contributed by atoms with Gasteiger partial charge in [0.05, 0.1) is 18.4 Å². The predicted molar refractivity (Wildman–Crippen MR) is 117 cm³/mol.